The molecule has 5 heteroatoms. The van der Waals surface area contributed by atoms with Crippen molar-refractivity contribution in [2.24, 2.45) is 0 Å². The van der Waals surface area contributed by atoms with E-state index in [1.807, 2.05) is 0 Å². The summed E-state index contributed by atoms with van der Waals surface area (Å²) in [6, 6.07) is 2.65. The van der Waals surface area contributed by atoms with Crippen LogP contribution in [0.3, 0.4) is 0 Å². The van der Waals surface area contributed by atoms with Crippen molar-refractivity contribution >= 4 is 12.1 Å². The van der Waals surface area contributed by atoms with Gasteiger partial charge in [0.25, 0.3) is 0 Å². The Morgan fingerprint density at radius 3 is 2.71 bits per heavy atom. The quantitative estimate of drug-likeness (QED) is 0.724. The van der Waals surface area contributed by atoms with E-state index in [4.69, 9.17) is 9.47 Å². The third kappa shape index (κ3) is 1.37. The van der Waals surface area contributed by atoms with E-state index in [1.165, 1.54) is 12.1 Å². The zero-order valence-corrected chi connectivity index (χ0v) is 7.25. The van der Waals surface area contributed by atoms with Crippen LogP contribution in [-0.4, -0.2) is 19.6 Å². The molecule has 1 heterocycles. The molecule has 0 atom stereocenters. The number of ether oxygens (including phenoxy) is 2. The highest BCUT2D eigenvalue weighted by Gasteiger charge is 2.19. The zero-order chi connectivity index (χ0) is 9.97. The average molecular weight is 197 g/mol. The molecule has 74 valence electrons. The number of nitrogens with one attached hydrogen (secondary N) is 1. The van der Waals surface area contributed by atoms with Crippen molar-refractivity contribution in [3.8, 4) is 11.5 Å². The first-order chi connectivity index (χ1) is 6.83. The normalized spacial score (nSPS) is 13.5. The van der Waals surface area contributed by atoms with E-state index in [0.717, 1.165) is 0 Å². The van der Waals surface area contributed by atoms with Crippen LogP contribution >= 0.6 is 0 Å². The SMILES string of the molecule is O=CNc1ccc(F)c2c1OCCO2. The summed E-state index contributed by atoms with van der Waals surface area (Å²) in [6.45, 7) is 0.665. The lowest BCUT2D eigenvalue weighted by atomic mass is 10.2. The highest BCUT2D eigenvalue weighted by Crippen LogP contribution is 2.39. The molecule has 1 N–H and O–H groups in total. The maximum Gasteiger partial charge on any atom is 0.211 e. The molecule has 14 heavy (non-hydrogen) atoms. The van der Waals surface area contributed by atoms with Gasteiger partial charge in [-0.2, -0.15) is 0 Å². The lowest BCUT2D eigenvalue weighted by Crippen LogP contribution is -2.17. The van der Waals surface area contributed by atoms with Crippen LogP contribution in [0.1, 0.15) is 0 Å². The highest BCUT2D eigenvalue weighted by atomic mass is 19.1. The van der Waals surface area contributed by atoms with E-state index in [0.29, 0.717) is 25.3 Å². The van der Waals surface area contributed by atoms with Crippen molar-refractivity contribution in [3.63, 3.8) is 0 Å². The van der Waals surface area contributed by atoms with Crippen molar-refractivity contribution < 1.29 is 18.7 Å². The minimum Gasteiger partial charge on any atom is -0.484 e. The molecule has 1 amide bonds. The Morgan fingerprint density at radius 2 is 2.00 bits per heavy atom. The Kier molecular flexibility index (Phi) is 2.22. The first-order valence-corrected chi connectivity index (χ1v) is 4.11. The molecule has 4 nitrogen and oxygen atoms in total. The van der Waals surface area contributed by atoms with Crippen molar-refractivity contribution in [1.82, 2.24) is 0 Å². The molecule has 1 aromatic carbocycles. The molecule has 1 aliphatic heterocycles. The van der Waals surface area contributed by atoms with Crippen LogP contribution in [0.2, 0.25) is 0 Å². The van der Waals surface area contributed by atoms with E-state index in [2.05, 4.69) is 5.32 Å². The molecule has 0 saturated carbocycles. The average Bonchev–Trinajstić information content (AvgIpc) is 2.23. The smallest absolute Gasteiger partial charge is 0.211 e. The number of carbonyl (C=O) groups is 1. The highest BCUT2D eigenvalue weighted by molar-refractivity contribution is 5.77. The van der Waals surface area contributed by atoms with Gasteiger partial charge in [0.05, 0.1) is 5.69 Å². The number of benzene rings is 1. The fourth-order valence-electron chi connectivity index (χ4n) is 1.28. The summed E-state index contributed by atoms with van der Waals surface area (Å²) < 4.78 is 23.5. The Labute approximate surface area is 79.6 Å². The van der Waals surface area contributed by atoms with Gasteiger partial charge in [-0.05, 0) is 12.1 Å². The standard InChI is InChI=1S/C9H8FNO3/c10-6-1-2-7(11-5-12)9-8(6)13-3-4-14-9/h1-2,5H,3-4H2,(H,11,12). The maximum atomic E-state index is 13.2. The molecule has 0 bridgehead atoms. The number of halogens is 1. The third-order valence-electron chi connectivity index (χ3n) is 1.85. The predicted octanol–water partition coefficient (Wildman–Crippen LogP) is 1.17. The molecule has 0 unspecified atom stereocenters. The first kappa shape index (κ1) is 8.80. The summed E-state index contributed by atoms with van der Waals surface area (Å²) in [4.78, 5) is 10.2. The molecule has 0 spiro atoms. The van der Waals surface area contributed by atoms with Gasteiger partial charge in [0.1, 0.15) is 13.2 Å². The van der Waals surface area contributed by atoms with Crippen LogP contribution in [0.15, 0.2) is 12.1 Å². The Hall–Kier alpha value is -1.78. The maximum absolute atomic E-state index is 13.2. The molecular formula is C9H8FNO3. The van der Waals surface area contributed by atoms with Crippen molar-refractivity contribution in [2.45, 2.75) is 0 Å². The molecule has 1 aliphatic rings. The number of amides is 1. The van der Waals surface area contributed by atoms with Crippen molar-refractivity contribution in [2.75, 3.05) is 18.5 Å². The van der Waals surface area contributed by atoms with Gasteiger partial charge >= 0.3 is 0 Å². The second-order valence-electron chi connectivity index (χ2n) is 2.71. The second-order valence-corrected chi connectivity index (χ2v) is 2.71. The zero-order valence-electron chi connectivity index (χ0n) is 7.25. The summed E-state index contributed by atoms with van der Waals surface area (Å²) >= 11 is 0. The van der Waals surface area contributed by atoms with Crippen LogP contribution in [-0.2, 0) is 4.79 Å². The topological polar surface area (TPSA) is 47.6 Å². The molecule has 0 aliphatic carbocycles. The Morgan fingerprint density at radius 1 is 1.29 bits per heavy atom. The summed E-state index contributed by atoms with van der Waals surface area (Å²) in [5.74, 6) is -0.178. The molecule has 0 saturated heterocycles. The second kappa shape index (κ2) is 3.53. The number of carbonyl (C=O) groups excluding carboxylic acids is 1. The number of hydrogen-bond acceptors (Lipinski definition) is 3. The van der Waals surface area contributed by atoms with Gasteiger partial charge in [0.15, 0.2) is 17.3 Å². The molecule has 0 aromatic heterocycles. The molecule has 2 rings (SSSR count). The minimum absolute atomic E-state index is 0.0584. The van der Waals surface area contributed by atoms with Crippen LogP contribution in [0.25, 0.3) is 0 Å². The van der Waals surface area contributed by atoms with Gasteiger partial charge in [-0.1, -0.05) is 0 Å². The molecular weight excluding hydrogens is 189 g/mol. The molecule has 1 aromatic rings. The first-order valence-electron chi connectivity index (χ1n) is 4.11. The molecule has 0 fully saturated rings. The fraction of sp³-hybridized carbons (Fsp3) is 0.222. The lowest BCUT2D eigenvalue weighted by molar-refractivity contribution is -0.105. The van der Waals surface area contributed by atoms with E-state index >= 15 is 0 Å². The van der Waals surface area contributed by atoms with Gasteiger partial charge in [-0.25, -0.2) is 4.39 Å². The van der Waals surface area contributed by atoms with Gasteiger partial charge < -0.3 is 14.8 Å². The number of anilines is 1. The molecule has 0 radical (unpaired) electrons. The van der Waals surface area contributed by atoms with Gasteiger partial charge in [0.2, 0.25) is 6.41 Å². The summed E-state index contributed by atoms with van der Waals surface area (Å²) in [7, 11) is 0. The van der Waals surface area contributed by atoms with Crippen LogP contribution in [0.4, 0.5) is 10.1 Å². The Bertz CT molecular complexity index is 367. The monoisotopic (exact) mass is 197 g/mol. The number of rotatable bonds is 2. The van der Waals surface area contributed by atoms with E-state index < -0.39 is 5.82 Å². The van der Waals surface area contributed by atoms with Gasteiger partial charge in [-0.15, -0.1) is 0 Å². The van der Waals surface area contributed by atoms with Gasteiger partial charge in [0, 0.05) is 0 Å². The largest absolute Gasteiger partial charge is 0.484 e. The van der Waals surface area contributed by atoms with Crippen LogP contribution in [0.5, 0.6) is 11.5 Å². The van der Waals surface area contributed by atoms with Gasteiger partial charge in [-0.3, -0.25) is 4.79 Å². The number of fused-ring (bicyclic) bond motifs is 1. The predicted molar refractivity (Wildman–Crippen MR) is 47.1 cm³/mol. The summed E-state index contributed by atoms with van der Waals surface area (Å²) in [6.07, 6.45) is 0.505. The summed E-state index contributed by atoms with van der Waals surface area (Å²) in [5.41, 5.74) is 0.413. The van der Waals surface area contributed by atoms with E-state index in [-0.39, 0.29) is 11.5 Å². The number of hydrogen-bond donors (Lipinski definition) is 1. The lowest BCUT2D eigenvalue weighted by Gasteiger charge is -2.20. The van der Waals surface area contributed by atoms with E-state index in [1.54, 1.807) is 0 Å². The van der Waals surface area contributed by atoms with Crippen LogP contribution in [0, 0.1) is 5.82 Å². The van der Waals surface area contributed by atoms with Crippen LogP contribution < -0.4 is 14.8 Å². The summed E-state index contributed by atoms with van der Waals surface area (Å²) in [5, 5.41) is 2.41. The van der Waals surface area contributed by atoms with Crippen molar-refractivity contribution in [3.05, 3.63) is 17.9 Å². The third-order valence-corrected chi connectivity index (χ3v) is 1.85. The van der Waals surface area contributed by atoms with Crippen molar-refractivity contribution in [1.29, 1.82) is 0 Å². The Balaban J connectivity index is 2.47. The van der Waals surface area contributed by atoms with E-state index in [9.17, 15) is 9.18 Å². The minimum atomic E-state index is -0.490. The fourth-order valence-corrected chi connectivity index (χ4v) is 1.28.